The molecule has 4 aromatic carbocycles. The van der Waals surface area contributed by atoms with Crippen molar-refractivity contribution < 1.29 is 21.6 Å². The summed E-state index contributed by atoms with van der Waals surface area (Å²) in [4.78, 5) is 18.4. The third-order valence-electron chi connectivity index (χ3n) is 8.53. The van der Waals surface area contributed by atoms with Gasteiger partial charge in [0.1, 0.15) is 6.04 Å². The third-order valence-corrected chi connectivity index (χ3v) is 12.3. The molecule has 234 valence electrons. The van der Waals surface area contributed by atoms with Gasteiger partial charge in [-0.25, -0.2) is 16.8 Å². The van der Waals surface area contributed by atoms with Crippen LogP contribution in [0, 0.1) is 0 Å². The van der Waals surface area contributed by atoms with Crippen LogP contribution in [0.15, 0.2) is 131 Å². The molecule has 0 spiro atoms. The van der Waals surface area contributed by atoms with Crippen molar-refractivity contribution in [2.24, 2.45) is 0 Å². The fraction of sp³-hybridized carbons (Fsp3) is 0.265. The van der Waals surface area contributed by atoms with Crippen molar-refractivity contribution in [3.63, 3.8) is 0 Å². The number of carbonyl (C=O) groups is 1. The highest BCUT2D eigenvalue weighted by Gasteiger charge is 2.45. The van der Waals surface area contributed by atoms with E-state index in [0.29, 0.717) is 26.2 Å². The zero-order chi connectivity index (χ0) is 31.4. The van der Waals surface area contributed by atoms with E-state index in [1.165, 1.54) is 32.9 Å². The molecule has 0 unspecified atom stereocenters. The van der Waals surface area contributed by atoms with E-state index in [9.17, 15) is 21.6 Å². The first-order valence-corrected chi connectivity index (χ1v) is 17.9. The van der Waals surface area contributed by atoms with Gasteiger partial charge >= 0.3 is 0 Å². The number of benzene rings is 4. The van der Waals surface area contributed by atoms with Crippen LogP contribution in [0.2, 0.25) is 0 Å². The Morgan fingerprint density at radius 1 is 0.556 bits per heavy atom. The molecule has 9 nitrogen and oxygen atoms in total. The molecule has 2 aliphatic heterocycles. The van der Waals surface area contributed by atoms with Gasteiger partial charge < -0.3 is 4.90 Å². The Balaban J connectivity index is 1.26. The quantitative estimate of drug-likeness (QED) is 0.290. The summed E-state index contributed by atoms with van der Waals surface area (Å²) in [5.41, 5.74) is 2.30. The number of piperazine rings is 2. The Bertz CT molecular complexity index is 1760. The molecule has 45 heavy (non-hydrogen) atoms. The minimum absolute atomic E-state index is 0.000737. The maximum Gasteiger partial charge on any atom is 0.243 e. The van der Waals surface area contributed by atoms with Crippen molar-refractivity contribution in [2.45, 2.75) is 21.9 Å². The predicted octanol–water partition coefficient (Wildman–Crippen LogP) is 3.68. The van der Waals surface area contributed by atoms with Crippen LogP contribution < -0.4 is 0 Å². The molecule has 1 atom stereocenters. The summed E-state index contributed by atoms with van der Waals surface area (Å²) >= 11 is 0. The third kappa shape index (κ3) is 6.45. The molecular weight excluding hydrogens is 609 g/mol. The molecule has 0 aliphatic carbocycles. The van der Waals surface area contributed by atoms with Crippen LogP contribution in [-0.2, 0) is 24.8 Å². The Morgan fingerprint density at radius 3 is 1.49 bits per heavy atom. The Hall–Kier alpha value is -3.87. The van der Waals surface area contributed by atoms with E-state index in [0.717, 1.165) is 11.1 Å². The molecular formula is C34H36N4O5S2. The van der Waals surface area contributed by atoms with Crippen molar-refractivity contribution in [2.75, 3.05) is 45.8 Å². The van der Waals surface area contributed by atoms with Crippen LogP contribution in [0.25, 0.3) is 0 Å². The molecule has 2 heterocycles. The molecule has 0 saturated carbocycles. The minimum Gasteiger partial charge on any atom is -0.339 e. The van der Waals surface area contributed by atoms with Crippen molar-refractivity contribution in [3.05, 3.63) is 132 Å². The fourth-order valence-electron chi connectivity index (χ4n) is 6.21. The second-order valence-corrected chi connectivity index (χ2v) is 15.0. The monoisotopic (exact) mass is 644 g/mol. The van der Waals surface area contributed by atoms with E-state index in [1.54, 1.807) is 41.3 Å². The first kappa shape index (κ1) is 31.1. The van der Waals surface area contributed by atoms with E-state index in [4.69, 9.17) is 0 Å². The number of rotatable bonds is 8. The Kier molecular flexibility index (Phi) is 9.16. The van der Waals surface area contributed by atoms with Crippen LogP contribution >= 0.6 is 0 Å². The van der Waals surface area contributed by atoms with Crippen LogP contribution in [0.3, 0.4) is 0 Å². The number of sulfonamides is 2. The Morgan fingerprint density at radius 2 is 1.00 bits per heavy atom. The van der Waals surface area contributed by atoms with E-state index in [2.05, 4.69) is 29.2 Å². The van der Waals surface area contributed by atoms with E-state index < -0.39 is 32.0 Å². The summed E-state index contributed by atoms with van der Waals surface area (Å²) in [6.07, 6.45) is 0. The molecule has 4 aromatic rings. The standard InChI is InChI=1S/C34H36N4O5S2/c39-34(36-23-21-35(22-24-36)33(28-13-5-1-6-14-28)29-15-7-2-8-16-29)32-27-37(44(40,41)30-17-9-3-10-18-30)25-26-38(32)45(42,43)31-19-11-4-12-20-31/h1-20,32-33H,21-27H2/t32-/m1/s1. The van der Waals surface area contributed by atoms with E-state index in [-0.39, 0.29) is 35.5 Å². The number of nitrogens with zero attached hydrogens (tertiary/aromatic N) is 4. The van der Waals surface area contributed by atoms with Crippen molar-refractivity contribution >= 4 is 26.0 Å². The van der Waals surface area contributed by atoms with Gasteiger partial charge in [-0.15, -0.1) is 0 Å². The van der Waals surface area contributed by atoms with Crippen molar-refractivity contribution in [1.29, 1.82) is 0 Å². The molecule has 1 amide bonds. The van der Waals surface area contributed by atoms with Crippen LogP contribution in [0.1, 0.15) is 17.2 Å². The molecule has 2 aliphatic rings. The van der Waals surface area contributed by atoms with E-state index >= 15 is 0 Å². The maximum absolute atomic E-state index is 14.2. The molecule has 0 radical (unpaired) electrons. The van der Waals surface area contributed by atoms with Crippen molar-refractivity contribution in [1.82, 2.24) is 18.4 Å². The lowest BCUT2D eigenvalue weighted by molar-refractivity contribution is -0.138. The summed E-state index contributed by atoms with van der Waals surface area (Å²) in [5.74, 6) is -0.391. The lowest BCUT2D eigenvalue weighted by Gasteiger charge is -2.44. The highest BCUT2D eigenvalue weighted by molar-refractivity contribution is 7.89. The predicted molar refractivity (Wildman–Crippen MR) is 172 cm³/mol. The van der Waals surface area contributed by atoms with Gasteiger partial charge in [-0.3, -0.25) is 9.69 Å². The van der Waals surface area contributed by atoms with Crippen LogP contribution in [0.5, 0.6) is 0 Å². The summed E-state index contributed by atoms with van der Waals surface area (Å²) in [5, 5.41) is 0. The fourth-order valence-corrected chi connectivity index (χ4v) is 9.26. The summed E-state index contributed by atoms with van der Waals surface area (Å²) < 4.78 is 57.3. The van der Waals surface area contributed by atoms with Gasteiger partial charge in [-0.1, -0.05) is 97.1 Å². The lowest BCUT2D eigenvalue weighted by atomic mass is 9.96. The highest BCUT2D eigenvalue weighted by atomic mass is 32.2. The number of hydrogen-bond acceptors (Lipinski definition) is 6. The number of amides is 1. The second kappa shape index (κ2) is 13.2. The van der Waals surface area contributed by atoms with Gasteiger partial charge in [0.05, 0.1) is 15.8 Å². The summed E-state index contributed by atoms with van der Waals surface area (Å²) in [6, 6.07) is 35.3. The largest absolute Gasteiger partial charge is 0.339 e. The molecule has 6 rings (SSSR count). The van der Waals surface area contributed by atoms with Crippen LogP contribution in [-0.4, -0.2) is 93.0 Å². The van der Waals surface area contributed by atoms with E-state index in [1.807, 2.05) is 36.4 Å². The summed E-state index contributed by atoms with van der Waals surface area (Å²) in [6.45, 7) is 1.46. The average molecular weight is 645 g/mol. The van der Waals surface area contributed by atoms with Gasteiger partial charge in [0.2, 0.25) is 26.0 Å². The lowest BCUT2D eigenvalue weighted by Crippen LogP contribution is -2.63. The molecule has 11 heteroatoms. The van der Waals surface area contributed by atoms with Gasteiger partial charge in [0.25, 0.3) is 0 Å². The number of hydrogen-bond donors (Lipinski definition) is 0. The summed E-state index contributed by atoms with van der Waals surface area (Å²) in [7, 11) is -8.01. The highest BCUT2D eigenvalue weighted by Crippen LogP contribution is 2.31. The SMILES string of the molecule is O=C([C@H]1CN(S(=O)(=O)c2ccccc2)CCN1S(=O)(=O)c1ccccc1)N1CCN(C(c2ccccc2)c2ccccc2)CC1. The topological polar surface area (TPSA) is 98.3 Å². The van der Waals surface area contributed by atoms with Gasteiger partial charge in [-0.05, 0) is 35.4 Å². The molecule has 2 saturated heterocycles. The van der Waals surface area contributed by atoms with Gasteiger partial charge in [0.15, 0.2) is 0 Å². The zero-order valence-corrected chi connectivity index (χ0v) is 26.4. The van der Waals surface area contributed by atoms with Gasteiger partial charge in [-0.2, -0.15) is 8.61 Å². The Labute approximate surface area is 265 Å². The first-order chi connectivity index (χ1) is 21.8. The molecule has 2 fully saturated rings. The maximum atomic E-state index is 14.2. The van der Waals surface area contributed by atoms with Crippen molar-refractivity contribution in [3.8, 4) is 0 Å². The first-order valence-electron chi connectivity index (χ1n) is 15.0. The zero-order valence-electron chi connectivity index (χ0n) is 24.8. The smallest absolute Gasteiger partial charge is 0.243 e. The molecule has 0 aromatic heterocycles. The minimum atomic E-state index is -4.07. The number of carbonyl (C=O) groups excluding carboxylic acids is 1. The van der Waals surface area contributed by atoms with Gasteiger partial charge in [0, 0.05) is 45.8 Å². The normalized spacial score (nSPS) is 19.0. The molecule has 0 N–H and O–H groups in total. The molecule has 0 bridgehead atoms. The average Bonchev–Trinajstić information content (AvgIpc) is 3.10. The van der Waals surface area contributed by atoms with Crippen LogP contribution in [0.4, 0.5) is 0 Å². The second-order valence-electron chi connectivity index (χ2n) is 11.2.